The molecule has 0 amide bonds. The Morgan fingerprint density at radius 1 is 1.33 bits per heavy atom. The molecule has 18 heavy (non-hydrogen) atoms. The molecule has 0 fully saturated rings. The maximum Gasteiger partial charge on any atom is 0.107 e. The third-order valence-corrected chi connectivity index (χ3v) is 3.05. The minimum absolute atomic E-state index is 0.603. The minimum Gasteiger partial charge on any atom is -0.342 e. The predicted octanol–water partition coefficient (Wildman–Crippen LogP) is 1.46. The number of benzene rings is 1. The van der Waals surface area contributed by atoms with Crippen molar-refractivity contribution >= 4 is 11.0 Å². The van der Waals surface area contributed by atoms with E-state index >= 15 is 0 Å². The van der Waals surface area contributed by atoms with Gasteiger partial charge in [-0.15, -0.1) is 0 Å². The van der Waals surface area contributed by atoms with Crippen LogP contribution in [0.25, 0.3) is 22.3 Å². The van der Waals surface area contributed by atoms with Crippen molar-refractivity contribution in [2.75, 3.05) is 6.54 Å². The largest absolute Gasteiger partial charge is 0.342 e. The predicted molar refractivity (Wildman–Crippen MR) is 71.1 cm³/mol. The van der Waals surface area contributed by atoms with E-state index < -0.39 is 0 Å². The molecule has 92 valence electrons. The summed E-state index contributed by atoms with van der Waals surface area (Å²) in [5.41, 5.74) is 9.73. The summed E-state index contributed by atoms with van der Waals surface area (Å²) in [6.45, 7) is 0.603. The molecular weight excluding hydrogens is 226 g/mol. The second-order valence-corrected chi connectivity index (χ2v) is 4.34. The first kappa shape index (κ1) is 11.0. The Morgan fingerprint density at radius 2 is 2.22 bits per heavy atom. The number of aromatic amines is 1. The van der Waals surface area contributed by atoms with Crippen LogP contribution in [0.2, 0.25) is 0 Å². The van der Waals surface area contributed by atoms with Gasteiger partial charge in [-0.05, 0) is 18.7 Å². The molecule has 5 heteroatoms. The van der Waals surface area contributed by atoms with Gasteiger partial charge in [0.2, 0.25) is 0 Å². The fourth-order valence-corrected chi connectivity index (χ4v) is 2.08. The van der Waals surface area contributed by atoms with Gasteiger partial charge in [0.1, 0.15) is 5.82 Å². The summed E-state index contributed by atoms with van der Waals surface area (Å²) in [6, 6.07) is 6.21. The topological polar surface area (TPSA) is 72.5 Å². The third kappa shape index (κ3) is 1.78. The maximum absolute atomic E-state index is 5.51. The normalized spacial score (nSPS) is 11.2. The van der Waals surface area contributed by atoms with Crippen molar-refractivity contribution in [3.63, 3.8) is 0 Å². The highest BCUT2D eigenvalue weighted by Gasteiger charge is 2.05. The van der Waals surface area contributed by atoms with Gasteiger partial charge in [-0.25, -0.2) is 9.97 Å². The van der Waals surface area contributed by atoms with Crippen molar-refractivity contribution in [2.45, 2.75) is 6.42 Å². The summed E-state index contributed by atoms with van der Waals surface area (Å²) in [7, 11) is 1.99. The lowest BCUT2D eigenvalue weighted by molar-refractivity contribution is 0.895. The number of rotatable bonds is 3. The van der Waals surface area contributed by atoms with Crippen LogP contribution in [-0.4, -0.2) is 26.1 Å². The molecule has 5 nitrogen and oxygen atoms in total. The summed E-state index contributed by atoms with van der Waals surface area (Å²) < 4.78 is 2.01. The Kier molecular flexibility index (Phi) is 2.60. The van der Waals surface area contributed by atoms with E-state index in [1.165, 1.54) is 0 Å². The zero-order valence-corrected chi connectivity index (χ0v) is 10.2. The smallest absolute Gasteiger partial charge is 0.107 e. The molecular formula is C13H15N5. The molecule has 3 N–H and O–H groups in total. The van der Waals surface area contributed by atoms with Gasteiger partial charge in [0.05, 0.1) is 29.3 Å². The van der Waals surface area contributed by atoms with E-state index in [0.717, 1.165) is 34.5 Å². The number of aryl methyl sites for hydroxylation is 1. The van der Waals surface area contributed by atoms with Crippen LogP contribution in [0.5, 0.6) is 0 Å². The molecule has 0 aliphatic rings. The molecule has 0 atom stereocenters. The van der Waals surface area contributed by atoms with Crippen LogP contribution >= 0.6 is 0 Å². The van der Waals surface area contributed by atoms with Crippen LogP contribution < -0.4 is 5.73 Å². The van der Waals surface area contributed by atoms with E-state index in [0.29, 0.717) is 6.54 Å². The first-order valence-corrected chi connectivity index (χ1v) is 5.93. The van der Waals surface area contributed by atoms with Crippen molar-refractivity contribution in [2.24, 2.45) is 12.8 Å². The standard InChI is InChI=1S/C13H15N5/c1-18-8-16-10-6-9(2-3-12(10)18)11-7-15-13(17-11)4-5-14/h2-3,6-8H,4-5,14H2,1H3,(H,15,17). The lowest BCUT2D eigenvalue weighted by Gasteiger charge is -1.99. The average molecular weight is 241 g/mol. The highest BCUT2D eigenvalue weighted by atomic mass is 15.0. The lowest BCUT2D eigenvalue weighted by Crippen LogP contribution is -2.03. The number of fused-ring (bicyclic) bond motifs is 1. The number of hydrogen-bond acceptors (Lipinski definition) is 3. The molecule has 0 saturated carbocycles. The quantitative estimate of drug-likeness (QED) is 0.729. The Hall–Kier alpha value is -2.14. The first-order valence-electron chi connectivity index (χ1n) is 5.93. The van der Waals surface area contributed by atoms with Gasteiger partial charge in [0, 0.05) is 19.0 Å². The van der Waals surface area contributed by atoms with Gasteiger partial charge in [-0.3, -0.25) is 0 Å². The van der Waals surface area contributed by atoms with Crippen molar-refractivity contribution in [1.82, 2.24) is 19.5 Å². The SMILES string of the molecule is Cn1cnc2cc(-c3cnc(CCN)[nH]3)ccc21. The first-order chi connectivity index (χ1) is 8.78. The lowest BCUT2D eigenvalue weighted by atomic mass is 10.1. The van der Waals surface area contributed by atoms with Gasteiger partial charge in [0.15, 0.2) is 0 Å². The molecule has 0 spiro atoms. The average Bonchev–Trinajstić information content (AvgIpc) is 2.97. The summed E-state index contributed by atoms with van der Waals surface area (Å²) >= 11 is 0. The number of nitrogens with zero attached hydrogens (tertiary/aromatic N) is 3. The fourth-order valence-electron chi connectivity index (χ4n) is 2.08. The summed E-state index contributed by atoms with van der Waals surface area (Å²) in [5, 5.41) is 0. The van der Waals surface area contributed by atoms with E-state index in [1.54, 1.807) is 0 Å². The number of nitrogens with two attached hydrogens (primary N) is 1. The van der Waals surface area contributed by atoms with E-state index in [-0.39, 0.29) is 0 Å². The maximum atomic E-state index is 5.51. The number of H-pyrrole nitrogens is 1. The van der Waals surface area contributed by atoms with E-state index in [4.69, 9.17) is 5.73 Å². The monoisotopic (exact) mass is 241 g/mol. The minimum atomic E-state index is 0.603. The number of aromatic nitrogens is 4. The van der Waals surface area contributed by atoms with Crippen molar-refractivity contribution < 1.29 is 0 Å². The molecule has 0 aliphatic carbocycles. The van der Waals surface area contributed by atoms with Crippen LogP contribution in [0.4, 0.5) is 0 Å². The second kappa shape index (κ2) is 4.27. The van der Waals surface area contributed by atoms with E-state index in [9.17, 15) is 0 Å². The molecule has 0 radical (unpaired) electrons. The molecule has 3 aromatic rings. The molecule has 2 aromatic heterocycles. The highest BCUT2D eigenvalue weighted by molar-refractivity contribution is 5.81. The van der Waals surface area contributed by atoms with Gasteiger partial charge < -0.3 is 15.3 Å². The molecule has 0 aliphatic heterocycles. The van der Waals surface area contributed by atoms with Crippen LogP contribution in [0, 0.1) is 0 Å². The molecule has 1 aromatic carbocycles. The van der Waals surface area contributed by atoms with Crippen LogP contribution in [0.15, 0.2) is 30.7 Å². The summed E-state index contributed by atoms with van der Waals surface area (Å²) in [6.07, 6.45) is 4.43. The van der Waals surface area contributed by atoms with Gasteiger partial charge in [0.25, 0.3) is 0 Å². The third-order valence-electron chi connectivity index (χ3n) is 3.05. The van der Waals surface area contributed by atoms with Crippen LogP contribution in [0.3, 0.4) is 0 Å². The van der Waals surface area contributed by atoms with Crippen LogP contribution in [-0.2, 0) is 13.5 Å². The van der Waals surface area contributed by atoms with Crippen LogP contribution in [0.1, 0.15) is 5.82 Å². The van der Waals surface area contributed by atoms with Crippen molar-refractivity contribution in [3.05, 3.63) is 36.5 Å². The van der Waals surface area contributed by atoms with E-state index in [1.807, 2.05) is 24.1 Å². The number of imidazole rings is 2. The highest BCUT2D eigenvalue weighted by Crippen LogP contribution is 2.22. The Labute approximate surface area is 105 Å². The fraction of sp³-hybridized carbons (Fsp3) is 0.231. The zero-order chi connectivity index (χ0) is 12.5. The van der Waals surface area contributed by atoms with Crippen molar-refractivity contribution in [3.8, 4) is 11.3 Å². The Morgan fingerprint density at radius 3 is 3.06 bits per heavy atom. The number of nitrogens with one attached hydrogen (secondary N) is 1. The molecule has 0 unspecified atom stereocenters. The van der Waals surface area contributed by atoms with Gasteiger partial charge >= 0.3 is 0 Å². The molecule has 2 heterocycles. The number of hydrogen-bond donors (Lipinski definition) is 2. The Balaban J connectivity index is 2.02. The van der Waals surface area contributed by atoms with Crippen molar-refractivity contribution in [1.29, 1.82) is 0 Å². The Bertz CT molecular complexity index is 680. The van der Waals surface area contributed by atoms with Gasteiger partial charge in [-0.1, -0.05) is 6.07 Å². The van der Waals surface area contributed by atoms with E-state index in [2.05, 4.69) is 33.2 Å². The molecule has 0 bridgehead atoms. The molecule has 3 rings (SSSR count). The molecule has 0 saturated heterocycles. The van der Waals surface area contributed by atoms with Gasteiger partial charge in [-0.2, -0.15) is 0 Å². The summed E-state index contributed by atoms with van der Waals surface area (Å²) in [5.74, 6) is 0.925. The summed E-state index contributed by atoms with van der Waals surface area (Å²) in [4.78, 5) is 11.9. The second-order valence-electron chi connectivity index (χ2n) is 4.34. The zero-order valence-electron chi connectivity index (χ0n) is 10.2.